The second kappa shape index (κ2) is 6.68. The van der Waals surface area contributed by atoms with Gasteiger partial charge < -0.3 is 5.32 Å². The van der Waals surface area contributed by atoms with Crippen LogP contribution >= 0.6 is 0 Å². The number of anilines is 1. The minimum Gasteiger partial charge on any atom is -0.325 e. The molecule has 0 aromatic heterocycles. The van der Waals surface area contributed by atoms with Crippen molar-refractivity contribution in [1.29, 1.82) is 0 Å². The molecule has 2 N–H and O–H groups in total. The first-order valence-electron chi connectivity index (χ1n) is 6.18. The SMILES string of the molecule is CCCS(=O)(=O)NCC(=O)Nc1cc(C)cc(C)c1. The van der Waals surface area contributed by atoms with Crippen molar-refractivity contribution >= 4 is 21.6 Å². The predicted molar refractivity (Wildman–Crippen MR) is 76.6 cm³/mol. The third kappa shape index (κ3) is 5.85. The van der Waals surface area contributed by atoms with Crippen LogP contribution in [0.25, 0.3) is 0 Å². The van der Waals surface area contributed by atoms with Crippen molar-refractivity contribution in [3.05, 3.63) is 29.3 Å². The number of aryl methyl sites for hydroxylation is 2. The quantitative estimate of drug-likeness (QED) is 0.832. The standard InChI is InChI=1S/C13H20N2O3S/c1-4-5-19(17,18)14-9-13(16)15-12-7-10(2)6-11(3)8-12/h6-8,14H,4-5,9H2,1-3H3,(H,15,16). The summed E-state index contributed by atoms with van der Waals surface area (Å²) in [6.07, 6.45) is 0.522. The van der Waals surface area contributed by atoms with Crippen LogP contribution in [0.2, 0.25) is 0 Å². The highest BCUT2D eigenvalue weighted by Crippen LogP contribution is 2.13. The largest absolute Gasteiger partial charge is 0.325 e. The van der Waals surface area contributed by atoms with Crippen LogP contribution in [-0.2, 0) is 14.8 Å². The fraction of sp³-hybridized carbons (Fsp3) is 0.462. The number of rotatable bonds is 6. The molecule has 1 amide bonds. The van der Waals surface area contributed by atoms with Gasteiger partial charge in [-0.3, -0.25) is 4.79 Å². The maximum atomic E-state index is 11.6. The Hall–Kier alpha value is -1.40. The van der Waals surface area contributed by atoms with E-state index in [4.69, 9.17) is 0 Å². The van der Waals surface area contributed by atoms with Crippen molar-refractivity contribution in [2.24, 2.45) is 0 Å². The van der Waals surface area contributed by atoms with Gasteiger partial charge in [-0.25, -0.2) is 13.1 Å². The van der Waals surface area contributed by atoms with Crippen LogP contribution < -0.4 is 10.0 Å². The van der Waals surface area contributed by atoms with E-state index in [-0.39, 0.29) is 18.2 Å². The van der Waals surface area contributed by atoms with E-state index >= 15 is 0 Å². The summed E-state index contributed by atoms with van der Waals surface area (Å²) in [5.41, 5.74) is 2.76. The van der Waals surface area contributed by atoms with Gasteiger partial charge in [-0.05, 0) is 43.5 Å². The molecule has 0 unspecified atom stereocenters. The summed E-state index contributed by atoms with van der Waals surface area (Å²) < 4.78 is 25.1. The molecule has 0 aliphatic rings. The molecule has 0 fully saturated rings. The second-order valence-electron chi connectivity index (χ2n) is 4.56. The zero-order valence-corrected chi connectivity index (χ0v) is 12.3. The molecule has 1 aromatic rings. The molecule has 5 nitrogen and oxygen atoms in total. The Morgan fingerprint density at radius 3 is 2.26 bits per heavy atom. The van der Waals surface area contributed by atoms with E-state index in [9.17, 15) is 13.2 Å². The van der Waals surface area contributed by atoms with Crippen LogP contribution in [0, 0.1) is 13.8 Å². The Morgan fingerprint density at radius 1 is 1.16 bits per heavy atom. The fourth-order valence-electron chi connectivity index (χ4n) is 1.77. The maximum Gasteiger partial charge on any atom is 0.239 e. The minimum atomic E-state index is -3.35. The molecule has 1 rings (SSSR count). The zero-order valence-electron chi connectivity index (χ0n) is 11.5. The van der Waals surface area contributed by atoms with Gasteiger partial charge in [0.1, 0.15) is 0 Å². The molecule has 0 radical (unpaired) electrons. The molecule has 1 aromatic carbocycles. The van der Waals surface area contributed by atoms with Crippen molar-refractivity contribution in [2.45, 2.75) is 27.2 Å². The number of carbonyl (C=O) groups excluding carboxylic acids is 1. The number of sulfonamides is 1. The zero-order chi connectivity index (χ0) is 14.5. The molecule has 0 saturated carbocycles. The van der Waals surface area contributed by atoms with Crippen molar-refractivity contribution in [2.75, 3.05) is 17.6 Å². The lowest BCUT2D eigenvalue weighted by atomic mass is 10.1. The van der Waals surface area contributed by atoms with Crippen LogP contribution in [0.15, 0.2) is 18.2 Å². The molecule has 0 spiro atoms. The Bertz CT molecular complexity index is 533. The van der Waals surface area contributed by atoms with Gasteiger partial charge in [-0.1, -0.05) is 13.0 Å². The van der Waals surface area contributed by atoms with Crippen molar-refractivity contribution in [3.8, 4) is 0 Å². The Balaban J connectivity index is 2.56. The summed E-state index contributed by atoms with van der Waals surface area (Å²) in [6.45, 7) is 5.41. The lowest BCUT2D eigenvalue weighted by Gasteiger charge is -2.08. The monoisotopic (exact) mass is 284 g/mol. The normalized spacial score (nSPS) is 11.3. The molecule has 6 heteroatoms. The molecule has 0 saturated heterocycles. The highest BCUT2D eigenvalue weighted by atomic mass is 32.2. The second-order valence-corrected chi connectivity index (χ2v) is 6.49. The van der Waals surface area contributed by atoms with E-state index in [0.717, 1.165) is 11.1 Å². The van der Waals surface area contributed by atoms with Gasteiger partial charge in [0, 0.05) is 5.69 Å². The van der Waals surface area contributed by atoms with Gasteiger partial charge in [0.05, 0.1) is 12.3 Å². The summed E-state index contributed by atoms with van der Waals surface area (Å²) in [5.74, 6) is -0.339. The molecule has 0 aliphatic carbocycles. The van der Waals surface area contributed by atoms with E-state index < -0.39 is 10.0 Å². The third-order valence-electron chi connectivity index (χ3n) is 2.43. The summed E-state index contributed by atoms with van der Waals surface area (Å²) in [7, 11) is -3.35. The molecule has 0 aliphatic heterocycles. The molecule has 19 heavy (non-hydrogen) atoms. The molecular formula is C13H20N2O3S. The Kier molecular flexibility index (Phi) is 5.50. The fourth-order valence-corrected chi connectivity index (χ4v) is 2.80. The predicted octanol–water partition coefficient (Wildman–Crippen LogP) is 1.57. The van der Waals surface area contributed by atoms with Crippen LogP contribution in [-0.4, -0.2) is 26.6 Å². The van der Waals surface area contributed by atoms with Gasteiger partial charge in [0.2, 0.25) is 15.9 Å². The van der Waals surface area contributed by atoms with E-state index in [1.807, 2.05) is 32.0 Å². The number of carbonyl (C=O) groups is 1. The molecule has 0 heterocycles. The number of amides is 1. The van der Waals surface area contributed by atoms with Crippen molar-refractivity contribution < 1.29 is 13.2 Å². The van der Waals surface area contributed by atoms with Crippen LogP contribution in [0.1, 0.15) is 24.5 Å². The molecule has 106 valence electrons. The van der Waals surface area contributed by atoms with E-state index in [2.05, 4.69) is 10.0 Å². The average Bonchev–Trinajstić information content (AvgIpc) is 2.25. The van der Waals surface area contributed by atoms with Gasteiger partial charge >= 0.3 is 0 Å². The van der Waals surface area contributed by atoms with E-state index in [0.29, 0.717) is 12.1 Å². The highest BCUT2D eigenvalue weighted by molar-refractivity contribution is 7.89. The number of hydrogen-bond acceptors (Lipinski definition) is 3. The first-order chi connectivity index (χ1) is 8.82. The lowest BCUT2D eigenvalue weighted by Crippen LogP contribution is -2.34. The molecule has 0 bridgehead atoms. The van der Waals surface area contributed by atoms with Crippen molar-refractivity contribution in [3.63, 3.8) is 0 Å². The molecule has 0 atom stereocenters. The topological polar surface area (TPSA) is 75.3 Å². The first-order valence-corrected chi connectivity index (χ1v) is 7.83. The van der Waals surface area contributed by atoms with Crippen LogP contribution in [0.4, 0.5) is 5.69 Å². The average molecular weight is 284 g/mol. The summed E-state index contributed by atoms with van der Waals surface area (Å²) >= 11 is 0. The minimum absolute atomic E-state index is 0.0316. The van der Waals surface area contributed by atoms with Gasteiger partial charge in [0.25, 0.3) is 0 Å². The Labute approximate surface area is 114 Å². The maximum absolute atomic E-state index is 11.6. The highest BCUT2D eigenvalue weighted by Gasteiger charge is 2.11. The van der Waals surface area contributed by atoms with E-state index in [1.165, 1.54) is 0 Å². The first kappa shape index (κ1) is 15.7. The van der Waals surface area contributed by atoms with Gasteiger partial charge in [-0.15, -0.1) is 0 Å². The van der Waals surface area contributed by atoms with Crippen molar-refractivity contribution in [1.82, 2.24) is 4.72 Å². The Morgan fingerprint density at radius 2 is 1.74 bits per heavy atom. The van der Waals surface area contributed by atoms with Gasteiger partial charge in [-0.2, -0.15) is 0 Å². The summed E-state index contributed by atoms with van der Waals surface area (Å²) in [6, 6.07) is 5.68. The summed E-state index contributed by atoms with van der Waals surface area (Å²) in [4.78, 5) is 11.6. The number of nitrogens with one attached hydrogen (secondary N) is 2. The smallest absolute Gasteiger partial charge is 0.239 e. The van der Waals surface area contributed by atoms with Gasteiger partial charge in [0.15, 0.2) is 0 Å². The molecular weight excluding hydrogens is 264 g/mol. The summed E-state index contributed by atoms with van der Waals surface area (Å²) in [5, 5.41) is 2.67. The van der Waals surface area contributed by atoms with E-state index in [1.54, 1.807) is 6.92 Å². The van der Waals surface area contributed by atoms with Crippen LogP contribution in [0.3, 0.4) is 0 Å². The third-order valence-corrected chi connectivity index (χ3v) is 3.96. The van der Waals surface area contributed by atoms with Crippen LogP contribution in [0.5, 0.6) is 0 Å². The lowest BCUT2D eigenvalue weighted by molar-refractivity contribution is -0.115. The number of hydrogen-bond donors (Lipinski definition) is 2. The number of benzene rings is 1.